The number of aromatic nitrogens is 2. The SMILES string of the molecule is CCCC(C)NC(=O)Cn1c(C(CC(C)C)NC(=O)c2ccccc2)nc2ccccc21. The maximum absolute atomic E-state index is 12.9. The van der Waals surface area contributed by atoms with Gasteiger partial charge in [-0.05, 0) is 49.9 Å². The molecule has 0 radical (unpaired) electrons. The first-order valence-corrected chi connectivity index (χ1v) is 11.5. The molecule has 0 aliphatic carbocycles. The molecule has 2 atom stereocenters. The number of nitrogens with zero attached hydrogens (tertiary/aromatic N) is 2. The number of hydrogen-bond acceptors (Lipinski definition) is 3. The molecule has 0 saturated heterocycles. The Labute approximate surface area is 190 Å². The van der Waals surface area contributed by atoms with E-state index < -0.39 is 0 Å². The first kappa shape index (κ1) is 23.5. The molecule has 2 aromatic carbocycles. The lowest BCUT2D eigenvalue weighted by atomic mass is 10.0. The Kier molecular flexibility index (Phi) is 8.03. The van der Waals surface area contributed by atoms with Crippen molar-refractivity contribution >= 4 is 22.8 Å². The summed E-state index contributed by atoms with van der Waals surface area (Å²) in [6, 6.07) is 16.8. The highest BCUT2D eigenvalue weighted by atomic mass is 16.2. The van der Waals surface area contributed by atoms with Crippen LogP contribution in [0.25, 0.3) is 11.0 Å². The molecule has 32 heavy (non-hydrogen) atoms. The molecule has 6 nitrogen and oxygen atoms in total. The van der Waals surface area contributed by atoms with E-state index in [1.807, 2.05) is 54.0 Å². The van der Waals surface area contributed by atoms with E-state index in [9.17, 15) is 9.59 Å². The van der Waals surface area contributed by atoms with Crippen LogP contribution in [0.4, 0.5) is 0 Å². The van der Waals surface area contributed by atoms with Gasteiger partial charge < -0.3 is 15.2 Å². The van der Waals surface area contributed by atoms with Crippen LogP contribution in [0.1, 0.15) is 69.2 Å². The van der Waals surface area contributed by atoms with Gasteiger partial charge in [0.25, 0.3) is 5.91 Å². The number of amides is 2. The van der Waals surface area contributed by atoms with Crippen LogP contribution in [0.3, 0.4) is 0 Å². The second kappa shape index (κ2) is 10.9. The highest BCUT2D eigenvalue weighted by molar-refractivity contribution is 5.94. The van der Waals surface area contributed by atoms with E-state index in [1.165, 1.54) is 0 Å². The molecular weight excluding hydrogens is 400 g/mol. The van der Waals surface area contributed by atoms with E-state index >= 15 is 0 Å². The molecule has 3 aromatic rings. The summed E-state index contributed by atoms with van der Waals surface area (Å²) in [5, 5.41) is 6.25. The zero-order valence-electron chi connectivity index (χ0n) is 19.5. The van der Waals surface area contributed by atoms with Crippen LogP contribution >= 0.6 is 0 Å². The van der Waals surface area contributed by atoms with E-state index in [0.717, 1.165) is 30.3 Å². The van der Waals surface area contributed by atoms with Crippen LogP contribution < -0.4 is 10.6 Å². The number of hydrogen-bond donors (Lipinski definition) is 2. The van der Waals surface area contributed by atoms with Gasteiger partial charge in [-0.1, -0.05) is 57.5 Å². The minimum Gasteiger partial charge on any atom is -0.352 e. The highest BCUT2D eigenvalue weighted by Crippen LogP contribution is 2.26. The summed E-state index contributed by atoms with van der Waals surface area (Å²) in [5.41, 5.74) is 2.32. The van der Waals surface area contributed by atoms with E-state index in [-0.39, 0.29) is 30.4 Å². The fourth-order valence-electron chi connectivity index (χ4n) is 4.03. The van der Waals surface area contributed by atoms with Crippen molar-refractivity contribution in [2.45, 2.75) is 65.6 Å². The third-order valence-corrected chi connectivity index (χ3v) is 5.47. The lowest BCUT2D eigenvalue weighted by molar-refractivity contribution is -0.122. The van der Waals surface area contributed by atoms with Crippen molar-refractivity contribution in [3.63, 3.8) is 0 Å². The van der Waals surface area contributed by atoms with Crippen LogP contribution in [0, 0.1) is 5.92 Å². The van der Waals surface area contributed by atoms with Gasteiger partial charge in [0.1, 0.15) is 12.4 Å². The molecule has 2 N–H and O–H groups in total. The summed E-state index contributed by atoms with van der Waals surface area (Å²) in [6.45, 7) is 8.54. The maximum atomic E-state index is 12.9. The minimum atomic E-state index is -0.309. The number of fused-ring (bicyclic) bond motifs is 1. The first-order valence-electron chi connectivity index (χ1n) is 11.5. The topological polar surface area (TPSA) is 76.0 Å². The Morgan fingerprint density at radius 1 is 0.969 bits per heavy atom. The Balaban J connectivity index is 1.94. The Hall–Kier alpha value is -3.15. The lowest BCUT2D eigenvalue weighted by Crippen LogP contribution is -2.36. The molecule has 170 valence electrons. The first-order chi connectivity index (χ1) is 15.4. The smallest absolute Gasteiger partial charge is 0.251 e. The van der Waals surface area contributed by atoms with Gasteiger partial charge in [-0.25, -0.2) is 4.98 Å². The van der Waals surface area contributed by atoms with Gasteiger partial charge in [-0.2, -0.15) is 0 Å². The van der Waals surface area contributed by atoms with Gasteiger partial charge in [0.2, 0.25) is 5.91 Å². The van der Waals surface area contributed by atoms with Crippen molar-refractivity contribution < 1.29 is 9.59 Å². The molecule has 2 unspecified atom stereocenters. The van der Waals surface area contributed by atoms with Crippen LogP contribution in [-0.2, 0) is 11.3 Å². The number of carbonyl (C=O) groups is 2. The van der Waals surface area contributed by atoms with Crippen LogP contribution in [0.2, 0.25) is 0 Å². The fourth-order valence-corrected chi connectivity index (χ4v) is 4.03. The van der Waals surface area contributed by atoms with Gasteiger partial charge >= 0.3 is 0 Å². The van der Waals surface area contributed by atoms with Gasteiger partial charge in [0.05, 0.1) is 17.1 Å². The largest absolute Gasteiger partial charge is 0.352 e. The van der Waals surface area contributed by atoms with E-state index in [1.54, 1.807) is 12.1 Å². The van der Waals surface area contributed by atoms with Gasteiger partial charge in [0, 0.05) is 11.6 Å². The zero-order chi connectivity index (χ0) is 23.1. The Morgan fingerprint density at radius 2 is 1.66 bits per heavy atom. The van der Waals surface area contributed by atoms with E-state index in [0.29, 0.717) is 17.3 Å². The Morgan fingerprint density at radius 3 is 2.34 bits per heavy atom. The normalized spacial score (nSPS) is 13.2. The molecule has 3 rings (SSSR count). The van der Waals surface area contributed by atoms with E-state index in [4.69, 9.17) is 4.98 Å². The Bertz CT molecular complexity index is 1040. The lowest BCUT2D eigenvalue weighted by Gasteiger charge is -2.22. The predicted molar refractivity (Wildman–Crippen MR) is 128 cm³/mol. The molecule has 1 aromatic heterocycles. The standard InChI is InChI=1S/C26H34N4O2/c1-5-11-19(4)27-24(31)17-30-23-15-10-9-14-21(23)28-25(30)22(16-18(2)3)29-26(32)20-12-7-6-8-13-20/h6-10,12-15,18-19,22H,5,11,16-17H2,1-4H3,(H,27,31)(H,29,32). The summed E-state index contributed by atoms with van der Waals surface area (Å²) in [5.74, 6) is 0.856. The summed E-state index contributed by atoms with van der Waals surface area (Å²) in [6.07, 6.45) is 2.67. The van der Waals surface area contributed by atoms with Crippen molar-refractivity contribution in [2.75, 3.05) is 0 Å². The fraction of sp³-hybridized carbons (Fsp3) is 0.423. The number of para-hydroxylation sites is 2. The number of rotatable bonds is 10. The van der Waals surface area contributed by atoms with E-state index in [2.05, 4.69) is 31.4 Å². The number of benzene rings is 2. The molecule has 0 spiro atoms. The summed E-state index contributed by atoms with van der Waals surface area (Å²) >= 11 is 0. The number of carbonyl (C=O) groups excluding carboxylic acids is 2. The molecule has 0 saturated carbocycles. The average Bonchev–Trinajstić information content (AvgIpc) is 3.12. The van der Waals surface area contributed by atoms with Crippen LogP contribution in [0.15, 0.2) is 54.6 Å². The molecule has 1 heterocycles. The molecule has 0 aliphatic heterocycles. The molecular formula is C26H34N4O2. The molecule has 6 heteroatoms. The molecule has 0 aliphatic rings. The molecule has 2 amide bonds. The monoisotopic (exact) mass is 434 g/mol. The van der Waals surface area contributed by atoms with Gasteiger partial charge in [-0.15, -0.1) is 0 Å². The number of imidazole rings is 1. The van der Waals surface area contributed by atoms with Crippen LogP contribution in [0.5, 0.6) is 0 Å². The second-order valence-corrected chi connectivity index (χ2v) is 8.82. The minimum absolute atomic E-state index is 0.0481. The quantitative estimate of drug-likeness (QED) is 0.478. The number of nitrogens with one attached hydrogen (secondary N) is 2. The van der Waals surface area contributed by atoms with Crippen molar-refractivity contribution in [2.24, 2.45) is 5.92 Å². The highest BCUT2D eigenvalue weighted by Gasteiger charge is 2.25. The molecule has 0 fully saturated rings. The van der Waals surface area contributed by atoms with Gasteiger partial charge in [-0.3, -0.25) is 9.59 Å². The third-order valence-electron chi connectivity index (χ3n) is 5.47. The van der Waals surface area contributed by atoms with Crippen molar-refractivity contribution in [1.29, 1.82) is 0 Å². The van der Waals surface area contributed by atoms with Crippen LogP contribution in [-0.4, -0.2) is 27.4 Å². The second-order valence-electron chi connectivity index (χ2n) is 8.82. The zero-order valence-corrected chi connectivity index (χ0v) is 19.5. The summed E-state index contributed by atoms with van der Waals surface area (Å²) in [4.78, 5) is 30.6. The molecule has 0 bridgehead atoms. The van der Waals surface area contributed by atoms with Crippen molar-refractivity contribution in [3.8, 4) is 0 Å². The van der Waals surface area contributed by atoms with Crippen molar-refractivity contribution in [1.82, 2.24) is 20.2 Å². The van der Waals surface area contributed by atoms with Gasteiger partial charge in [0.15, 0.2) is 0 Å². The summed E-state index contributed by atoms with van der Waals surface area (Å²) < 4.78 is 1.95. The maximum Gasteiger partial charge on any atom is 0.251 e. The predicted octanol–water partition coefficient (Wildman–Crippen LogP) is 4.86. The van der Waals surface area contributed by atoms with Crippen molar-refractivity contribution in [3.05, 3.63) is 66.0 Å². The summed E-state index contributed by atoms with van der Waals surface area (Å²) in [7, 11) is 0. The third kappa shape index (κ3) is 5.96. The average molecular weight is 435 g/mol.